The number of nitrogens with one attached hydrogen (secondary N) is 1. The zero-order valence-corrected chi connectivity index (χ0v) is 11.8. The number of hydrogen-bond donors (Lipinski definition) is 1. The van der Waals surface area contributed by atoms with Crippen molar-refractivity contribution in [1.82, 2.24) is 5.32 Å². The van der Waals surface area contributed by atoms with Gasteiger partial charge in [-0.3, -0.25) is 0 Å². The highest BCUT2D eigenvalue weighted by atomic mass is 35.5. The molecule has 1 aliphatic rings. The van der Waals surface area contributed by atoms with Crippen molar-refractivity contribution >= 4 is 35.0 Å². The molecule has 0 bridgehead atoms. The van der Waals surface area contributed by atoms with Crippen LogP contribution in [0.5, 0.6) is 0 Å². The monoisotopic (exact) mass is 293 g/mol. The fraction of sp³-hybridized carbons (Fsp3) is 0.500. The van der Waals surface area contributed by atoms with Gasteiger partial charge in [-0.1, -0.05) is 30.1 Å². The topological polar surface area (TPSA) is 12.0 Å². The van der Waals surface area contributed by atoms with Crippen LogP contribution in [-0.2, 0) is 0 Å². The summed E-state index contributed by atoms with van der Waals surface area (Å²) in [7, 11) is 0. The molecule has 1 nitrogen and oxygen atoms in total. The second kappa shape index (κ2) is 5.79. The first-order chi connectivity index (χ1) is 8.08. The second-order valence-corrected chi connectivity index (χ2v) is 6.51. The molecule has 0 aromatic heterocycles. The first-order valence-electron chi connectivity index (χ1n) is 5.57. The summed E-state index contributed by atoms with van der Waals surface area (Å²) < 4.78 is 13.5. The fourth-order valence-corrected chi connectivity index (χ4v) is 3.49. The van der Waals surface area contributed by atoms with Crippen LogP contribution in [0.25, 0.3) is 0 Å². The third-order valence-electron chi connectivity index (χ3n) is 2.90. The Balaban J connectivity index is 2.24. The van der Waals surface area contributed by atoms with E-state index in [1.807, 2.05) is 11.8 Å². The molecule has 1 saturated heterocycles. The molecule has 0 radical (unpaired) electrons. The highest BCUT2D eigenvalue weighted by molar-refractivity contribution is 7.99. The average molecular weight is 294 g/mol. The Hall–Kier alpha value is 0.0400. The van der Waals surface area contributed by atoms with E-state index in [-0.39, 0.29) is 11.1 Å². The molecule has 1 N–H and O–H groups in total. The van der Waals surface area contributed by atoms with Crippen LogP contribution in [-0.4, -0.2) is 17.5 Å². The largest absolute Gasteiger partial charge is 0.309 e. The Morgan fingerprint density at radius 3 is 2.88 bits per heavy atom. The molecular weight excluding hydrogens is 280 g/mol. The lowest BCUT2D eigenvalue weighted by atomic mass is 10.1. The van der Waals surface area contributed by atoms with Gasteiger partial charge in [0.15, 0.2) is 0 Å². The van der Waals surface area contributed by atoms with Gasteiger partial charge in [0.1, 0.15) is 5.82 Å². The first kappa shape index (κ1) is 13.5. The quantitative estimate of drug-likeness (QED) is 0.775. The Labute approximate surface area is 115 Å². The maximum absolute atomic E-state index is 13.5. The molecular formula is C12H14Cl2FNS. The molecule has 1 fully saturated rings. The predicted octanol–water partition coefficient (Wildman–Crippen LogP) is 4.29. The number of hydrogen-bond acceptors (Lipinski definition) is 2. The molecule has 5 heteroatoms. The third kappa shape index (κ3) is 3.28. The van der Waals surface area contributed by atoms with Crippen molar-refractivity contribution in [2.75, 3.05) is 12.3 Å². The summed E-state index contributed by atoms with van der Waals surface area (Å²) in [6.07, 6.45) is 1.12. The number of thioether (sulfide) groups is 1. The van der Waals surface area contributed by atoms with Gasteiger partial charge in [0.05, 0.1) is 5.02 Å². The minimum atomic E-state index is -0.407. The van der Waals surface area contributed by atoms with E-state index in [0.717, 1.165) is 24.3 Å². The van der Waals surface area contributed by atoms with Gasteiger partial charge in [-0.2, -0.15) is 11.8 Å². The van der Waals surface area contributed by atoms with E-state index in [1.165, 1.54) is 12.1 Å². The van der Waals surface area contributed by atoms with Crippen LogP contribution >= 0.6 is 35.0 Å². The van der Waals surface area contributed by atoms with Crippen molar-refractivity contribution in [3.63, 3.8) is 0 Å². The van der Waals surface area contributed by atoms with Crippen LogP contribution in [0.3, 0.4) is 0 Å². The molecule has 0 aliphatic carbocycles. The molecule has 1 aliphatic heterocycles. The van der Waals surface area contributed by atoms with Crippen molar-refractivity contribution in [2.24, 2.45) is 0 Å². The van der Waals surface area contributed by atoms with E-state index in [4.69, 9.17) is 23.2 Å². The minimum Gasteiger partial charge on any atom is -0.309 e. The molecule has 17 heavy (non-hydrogen) atoms. The lowest BCUT2D eigenvalue weighted by Gasteiger charge is -2.17. The van der Waals surface area contributed by atoms with Crippen molar-refractivity contribution in [3.8, 4) is 0 Å². The fourth-order valence-electron chi connectivity index (χ4n) is 1.87. The van der Waals surface area contributed by atoms with Crippen LogP contribution in [0.15, 0.2) is 12.1 Å². The van der Waals surface area contributed by atoms with Crippen LogP contribution in [0.1, 0.15) is 24.9 Å². The van der Waals surface area contributed by atoms with Gasteiger partial charge in [-0.05, 0) is 30.7 Å². The molecule has 0 spiro atoms. The summed E-state index contributed by atoms with van der Waals surface area (Å²) in [5.41, 5.74) is 0.801. The van der Waals surface area contributed by atoms with Crippen LogP contribution in [0.2, 0.25) is 10.0 Å². The van der Waals surface area contributed by atoms with Crippen molar-refractivity contribution in [1.29, 1.82) is 0 Å². The molecule has 1 aromatic carbocycles. The van der Waals surface area contributed by atoms with Crippen LogP contribution in [0, 0.1) is 5.82 Å². The standard InChI is InChI=1S/C12H14Cl2FNS/c1-7-2-3-16-12(6-17-7)8-4-11(15)10(14)5-9(8)13/h4-5,7,12,16H,2-3,6H2,1H3. The molecule has 2 rings (SSSR count). The first-order valence-corrected chi connectivity index (χ1v) is 7.38. The van der Waals surface area contributed by atoms with Gasteiger partial charge in [0.25, 0.3) is 0 Å². The van der Waals surface area contributed by atoms with Crippen LogP contribution in [0.4, 0.5) is 4.39 Å². The Morgan fingerprint density at radius 1 is 1.35 bits per heavy atom. The Bertz CT molecular complexity index is 414. The summed E-state index contributed by atoms with van der Waals surface area (Å²) in [5, 5.41) is 4.64. The summed E-state index contributed by atoms with van der Waals surface area (Å²) in [6.45, 7) is 3.14. The van der Waals surface area contributed by atoms with E-state index in [9.17, 15) is 4.39 Å². The van der Waals surface area contributed by atoms with E-state index in [0.29, 0.717) is 10.3 Å². The van der Waals surface area contributed by atoms with Gasteiger partial charge < -0.3 is 5.32 Å². The molecule has 1 heterocycles. The van der Waals surface area contributed by atoms with Crippen molar-refractivity contribution < 1.29 is 4.39 Å². The third-order valence-corrected chi connectivity index (χ3v) is 4.85. The predicted molar refractivity (Wildman–Crippen MR) is 73.7 cm³/mol. The zero-order valence-electron chi connectivity index (χ0n) is 9.47. The molecule has 1 aromatic rings. The Kier molecular flexibility index (Phi) is 4.59. The summed E-state index contributed by atoms with van der Waals surface area (Å²) in [5.74, 6) is 0.497. The van der Waals surface area contributed by atoms with Crippen molar-refractivity contribution in [2.45, 2.75) is 24.6 Å². The number of benzene rings is 1. The van der Waals surface area contributed by atoms with E-state index < -0.39 is 5.82 Å². The molecule has 0 amide bonds. The summed E-state index contributed by atoms with van der Waals surface area (Å²) >= 11 is 13.7. The van der Waals surface area contributed by atoms with Gasteiger partial charge in [-0.15, -0.1) is 0 Å². The van der Waals surface area contributed by atoms with E-state index >= 15 is 0 Å². The second-order valence-electron chi connectivity index (χ2n) is 4.23. The van der Waals surface area contributed by atoms with Gasteiger partial charge in [0, 0.05) is 22.1 Å². The normalized spacial score (nSPS) is 25.6. The van der Waals surface area contributed by atoms with Gasteiger partial charge in [0.2, 0.25) is 0 Å². The van der Waals surface area contributed by atoms with Crippen molar-refractivity contribution in [3.05, 3.63) is 33.6 Å². The zero-order chi connectivity index (χ0) is 12.4. The lowest BCUT2D eigenvalue weighted by Crippen LogP contribution is -2.23. The number of rotatable bonds is 1. The lowest BCUT2D eigenvalue weighted by molar-refractivity contribution is 0.570. The Morgan fingerprint density at radius 2 is 2.12 bits per heavy atom. The van der Waals surface area contributed by atoms with Crippen LogP contribution < -0.4 is 5.32 Å². The average Bonchev–Trinajstić information content (AvgIpc) is 2.49. The smallest absolute Gasteiger partial charge is 0.142 e. The number of halogens is 3. The van der Waals surface area contributed by atoms with Gasteiger partial charge >= 0.3 is 0 Å². The minimum absolute atomic E-state index is 0.0772. The highest BCUT2D eigenvalue weighted by Gasteiger charge is 2.20. The SMILES string of the molecule is CC1CCNC(c2cc(F)c(Cl)cc2Cl)CS1. The van der Waals surface area contributed by atoms with Gasteiger partial charge in [-0.25, -0.2) is 4.39 Å². The maximum Gasteiger partial charge on any atom is 0.142 e. The summed E-state index contributed by atoms with van der Waals surface area (Å²) in [6, 6.07) is 3.03. The maximum atomic E-state index is 13.5. The summed E-state index contributed by atoms with van der Waals surface area (Å²) in [4.78, 5) is 0. The van der Waals surface area contributed by atoms with E-state index in [2.05, 4.69) is 12.2 Å². The molecule has 94 valence electrons. The molecule has 2 unspecified atom stereocenters. The molecule has 0 saturated carbocycles. The van der Waals surface area contributed by atoms with E-state index in [1.54, 1.807) is 0 Å². The molecule has 2 atom stereocenters. The highest BCUT2D eigenvalue weighted by Crippen LogP contribution is 2.32.